The molecule has 0 spiro atoms. The van der Waals surface area contributed by atoms with Gasteiger partial charge in [0.25, 0.3) is 0 Å². The number of benzene rings is 1. The first-order valence-corrected chi connectivity index (χ1v) is 7.64. The van der Waals surface area contributed by atoms with Crippen molar-refractivity contribution in [1.29, 1.82) is 0 Å². The summed E-state index contributed by atoms with van der Waals surface area (Å²) < 4.78 is 12.1. The lowest BCUT2D eigenvalue weighted by atomic mass is 10.2. The molecule has 0 amide bonds. The van der Waals surface area contributed by atoms with E-state index in [1.165, 1.54) is 0 Å². The third-order valence-electron chi connectivity index (χ3n) is 2.11. The molecular weight excluding hydrogens is 259 g/mol. The Morgan fingerprint density at radius 1 is 0.947 bits per heavy atom. The van der Waals surface area contributed by atoms with E-state index in [-0.39, 0.29) is 17.0 Å². The van der Waals surface area contributed by atoms with Crippen molar-refractivity contribution < 1.29 is 14.2 Å². The average molecular weight is 284 g/mol. The maximum absolute atomic E-state index is 10.1. The van der Waals surface area contributed by atoms with Crippen LogP contribution in [0.15, 0.2) is 18.2 Å². The molecular formula is C15H25O3P. The predicted molar refractivity (Wildman–Crippen MR) is 81.1 cm³/mol. The Bertz CT molecular complexity index is 394. The van der Waals surface area contributed by atoms with E-state index in [0.29, 0.717) is 0 Å². The summed E-state index contributed by atoms with van der Waals surface area (Å²) in [4.78, 5) is 0. The molecule has 0 aliphatic carbocycles. The summed E-state index contributed by atoms with van der Waals surface area (Å²) in [5.74, 6) is 0.236. The summed E-state index contributed by atoms with van der Waals surface area (Å²) in [6.45, 7) is 13.9. The van der Waals surface area contributed by atoms with Crippen molar-refractivity contribution in [3.8, 4) is 5.75 Å². The molecule has 0 fully saturated rings. The first-order chi connectivity index (χ1) is 8.49. The molecule has 0 saturated heterocycles. The van der Waals surface area contributed by atoms with Crippen LogP contribution in [0.5, 0.6) is 5.75 Å². The number of rotatable bonds is 3. The van der Waals surface area contributed by atoms with Gasteiger partial charge in [0.1, 0.15) is 5.75 Å². The third-order valence-corrected chi connectivity index (χ3v) is 4.49. The Labute approximate surface area is 117 Å². The molecule has 1 rings (SSSR count). The second-order valence-corrected chi connectivity index (χ2v) is 7.93. The zero-order valence-electron chi connectivity index (χ0n) is 12.9. The van der Waals surface area contributed by atoms with E-state index in [1.54, 1.807) is 6.07 Å². The summed E-state index contributed by atoms with van der Waals surface area (Å²) in [6.07, 6.45) is 0. The van der Waals surface area contributed by atoms with Crippen molar-refractivity contribution in [2.75, 3.05) is 0 Å². The van der Waals surface area contributed by atoms with Gasteiger partial charge in [-0.1, -0.05) is 12.1 Å². The van der Waals surface area contributed by atoms with Gasteiger partial charge in [0.2, 0.25) is 8.38 Å². The van der Waals surface area contributed by atoms with Crippen molar-refractivity contribution in [2.24, 2.45) is 0 Å². The molecule has 108 valence electrons. The molecule has 0 radical (unpaired) electrons. The second kappa shape index (κ2) is 5.78. The van der Waals surface area contributed by atoms with Gasteiger partial charge in [-0.25, -0.2) is 0 Å². The summed E-state index contributed by atoms with van der Waals surface area (Å²) in [7, 11) is -1.32. The number of aromatic hydroxyl groups is 1. The Morgan fingerprint density at radius 2 is 1.42 bits per heavy atom. The monoisotopic (exact) mass is 284 g/mol. The first-order valence-electron chi connectivity index (χ1n) is 6.46. The molecule has 1 aromatic rings. The Hall–Kier alpha value is -0.630. The van der Waals surface area contributed by atoms with Crippen LogP contribution in [-0.4, -0.2) is 16.3 Å². The highest BCUT2D eigenvalue weighted by atomic mass is 31.2. The van der Waals surface area contributed by atoms with Crippen molar-refractivity contribution >= 4 is 13.7 Å². The SMILES string of the molecule is Cc1cccc(O)c1P(OC(C)(C)C)OC(C)(C)C. The summed E-state index contributed by atoms with van der Waals surface area (Å²) >= 11 is 0. The fraction of sp³-hybridized carbons (Fsp3) is 0.600. The molecule has 0 heterocycles. The maximum Gasteiger partial charge on any atom is 0.210 e. The minimum atomic E-state index is -1.32. The highest BCUT2D eigenvalue weighted by molar-refractivity contribution is 7.56. The molecule has 0 atom stereocenters. The largest absolute Gasteiger partial charge is 0.507 e. The van der Waals surface area contributed by atoms with E-state index >= 15 is 0 Å². The normalized spacial score (nSPS) is 13.1. The fourth-order valence-corrected chi connectivity index (χ4v) is 3.33. The van der Waals surface area contributed by atoms with Crippen LogP contribution >= 0.6 is 8.38 Å². The predicted octanol–water partition coefficient (Wildman–Crippen LogP) is 4.27. The lowest BCUT2D eigenvalue weighted by Gasteiger charge is -2.32. The van der Waals surface area contributed by atoms with Gasteiger partial charge in [-0.3, -0.25) is 0 Å². The molecule has 1 N–H and O–H groups in total. The average Bonchev–Trinajstić information content (AvgIpc) is 2.11. The fourth-order valence-electron chi connectivity index (χ4n) is 1.49. The van der Waals surface area contributed by atoms with Gasteiger partial charge < -0.3 is 14.2 Å². The van der Waals surface area contributed by atoms with Crippen LogP contribution in [0.2, 0.25) is 0 Å². The molecule has 19 heavy (non-hydrogen) atoms. The molecule has 0 aliphatic rings. The van der Waals surface area contributed by atoms with Crippen LogP contribution in [0.25, 0.3) is 0 Å². The standard InChI is InChI=1S/C15H25O3P/c1-11-9-8-10-12(16)13(11)19(17-14(2,3)4)18-15(5,6)7/h8-10,16H,1-7H3. The van der Waals surface area contributed by atoms with Crippen LogP contribution < -0.4 is 5.30 Å². The Kier molecular flexibility index (Phi) is 5.00. The lowest BCUT2D eigenvalue weighted by molar-refractivity contribution is 0.0775. The number of phenolic OH excluding ortho intramolecular Hbond substituents is 1. The van der Waals surface area contributed by atoms with Crippen molar-refractivity contribution in [3.05, 3.63) is 23.8 Å². The van der Waals surface area contributed by atoms with Gasteiger partial charge >= 0.3 is 0 Å². The minimum Gasteiger partial charge on any atom is -0.507 e. The first kappa shape index (κ1) is 16.4. The van der Waals surface area contributed by atoms with Crippen LogP contribution in [0, 0.1) is 6.92 Å². The van der Waals surface area contributed by atoms with Gasteiger partial charge in [-0.2, -0.15) is 0 Å². The van der Waals surface area contributed by atoms with Gasteiger partial charge in [-0.05, 0) is 60.1 Å². The molecule has 0 aromatic heterocycles. The summed E-state index contributed by atoms with van der Waals surface area (Å²) in [5, 5.41) is 10.9. The zero-order valence-corrected chi connectivity index (χ0v) is 13.8. The smallest absolute Gasteiger partial charge is 0.210 e. The van der Waals surface area contributed by atoms with Crippen LogP contribution in [0.4, 0.5) is 0 Å². The van der Waals surface area contributed by atoms with Crippen LogP contribution in [0.3, 0.4) is 0 Å². The molecule has 0 aliphatic heterocycles. The topological polar surface area (TPSA) is 38.7 Å². The maximum atomic E-state index is 10.1. The summed E-state index contributed by atoms with van der Waals surface area (Å²) in [5.41, 5.74) is 0.330. The van der Waals surface area contributed by atoms with Gasteiger partial charge in [-0.15, -0.1) is 0 Å². The molecule has 0 bridgehead atoms. The second-order valence-electron chi connectivity index (χ2n) is 6.61. The van der Waals surface area contributed by atoms with Crippen LogP contribution in [0.1, 0.15) is 47.1 Å². The van der Waals surface area contributed by atoms with E-state index < -0.39 is 8.38 Å². The molecule has 4 heteroatoms. The van der Waals surface area contributed by atoms with E-state index in [9.17, 15) is 5.11 Å². The van der Waals surface area contributed by atoms with Crippen molar-refractivity contribution in [2.45, 2.75) is 59.7 Å². The lowest BCUT2D eigenvalue weighted by Crippen LogP contribution is -2.26. The molecule has 0 saturated carbocycles. The zero-order chi connectivity index (χ0) is 14.8. The highest BCUT2D eigenvalue weighted by Gasteiger charge is 2.30. The molecule has 0 unspecified atom stereocenters. The van der Waals surface area contributed by atoms with Crippen molar-refractivity contribution in [1.82, 2.24) is 0 Å². The van der Waals surface area contributed by atoms with E-state index in [1.807, 2.05) is 60.6 Å². The quantitative estimate of drug-likeness (QED) is 0.842. The van der Waals surface area contributed by atoms with E-state index in [0.717, 1.165) is 10.9 Å². The Balaban J connectivity index is 3.16. The Morgan fingerprint density at radius 3 is 1.79 bits per heavy atom. The van der Waals surface area contributed by atoms with Gasteiger partial charge in [0.15, 0.2) is 0 Å². The molecule has 3 nitrogen and oxygen atoms in total. The van der Waals surface area contributed by atoms with E-state index in [2.05, 4.69) is 0 Å². The highest BCUT2D eigenvalue weighted by Crippen LogP contribution is 2.47. The molecule has 1 aromatic carbocycles. The number of aryl methyl sites for hydroxylation is 1. The number of phenols is 1. The van der Waals surface area contributed by atoms with Gasteiger partial charge in [0.05, 0.1) is 16.5 Å². The van der Waals surface area contributed by atoms with E-state index in [4.69, 9.17) is 9.05 Å². The number of hydrogen-bond donors (Lipinski definition) is 1. The summed E-state index contributed by atoms with van der Waals surface area (Å²) in [6, 6.07) is 5.47. The van der Waals surface area contributed by atoms with Crippen LogP contribution in [-0.2, 0) is 9.05 Å². The van der Waals surface area contributed by atoms with Gasteiger partial charge in [0, 0.05) is 0 Å². The number of hydrogen-bond acceptors (Lipinski definition) is 3. The minimum absolute atomic E-state index is 0.236. The third kappa shape index (κ3) is 5.48. The van der Waals surface area contributed by atoms with Crippen molar-refractivity contribution in [3.63, 3.8) is 0 Å².